The number of rotatable bonds is 3. The van der Waals surface area contributed by atoms with Gasteiger partial charge in [0, 0.05) is 40.7 Å². The van der Waals surface area contributed by atoms with E-state index in [0.717, 1.165) is 26.5 Å². The van der Waals surface area contributed by atoms with Gasteiger partial charge < -0.3 is 4.57 Å². The van der Waals surface area contributed by atoms with Crippen molar-refractivity contribution in [2.45, 2.75) is 6.54 Å². The Labute approximate surface area is 174 Å². The molecule has 136 valence electrons. The van der Waals surface area contributed by atoms with Crippen molar-refractivity contribution in [3.05, 3.63) is 75.0 Å². The summed E-state index contributed by atoms with van der Waals surface area (Å²) in [6.45, 7) is 0.612. The molecule has 3 aromatic rings. The third kappa shape index (κ3) is 3.59. The normalized spacial score (nSPS) is 16.1. The number of carbonyl (C=O) groups is 1. The Morgan fingerprint density at radius 1 is 1.22 bits per heavy atom. The van der Waals surface area contributed by atoms with Crippen LogP contribution in [0.4, 0.5) is 4.39 Å². The number of aromatic nitrogens is 1. The molecule has 1 amide bonds. The molecule has 27 heavy (non-hydrogen) atoms. The zero-order valence-corrected chi connectivity index (χ0v) is 17.5. The number of thiocarbonyl (C=S) groups is 1. The molecule has 4 rings (SSSR count). The van der Waals surface area contributed by atoms with Crippen molar-refractivity contribution in [1.29, 1.82) is 0 Å². The first-order valence-corrected chi connectivity index (χ1v) is 10.2. The maximum absolute atomic E-state index is 13.2. The summed E-state index contributed by atoms with van der Waals surface area (Å²) in [6.07, 6.45) is 3.90. The van der Waals surface area contributed by atoms with E-state index < -0.39 is 0 Å². The molecule has 1 aliphatic rings. The largest absolute Gasteiger partial charge is 0.342 e. The minimum absolute atomic E-state index is 0.0839. The van der Waals surface area contributed by atoms with Crippen molar-refractivity contribution in [1.82, 2.24) is 9.47 Å². The van der Waals surface area contributed by atoms with Gasteiger partial charge in [-0.05, 0) is 42.0 Å². The summed E-state index contributed by atoms with van der Waals surface area (Å²) in [6, 6.07) is 12.5. The van der Waals surface area contributed by atoms with Gasteiger partial charge in [-0.3, -0.25) is 9.69 Å². The highest BCUT2D eigenvalue weighted by atomic mass is 79.9. The molecule has 0 atom stereocenters. The Morgan fingerprint density at radius 3 is 2.63 bits per heavy atom. The zero-order chi connectivity index (χ0) is 19.1. The first-order chi connectivity index (χ1) is 12.9. The molecule has 0 aliphatic carbocycles. The number of thioether (sulfide) groups is 1. The van der Waals surface area contributed by atoms with Crippen LogP contribution in [0.2, 0.25) is 0 Å². The minimum atomic E-state index is -0.248. The van der Waals surface area contributed by atoms with E-state index in [0.29, 0.717) is 15.8 Å². The Kier molecular flexibility index (Phi) is 4.92. The van der Waals surface area contributed by atoms with Gasteiger partial charge >= 0.3 is 0 Å². The fourth-order valence-corrected chi connectivity index (χ4v) is 4.55. The third-order valence-electron chi connectivity index (χ3n) is 4.41. The number of hydrogen-bond donors (Lipinski definition) is 0. The van der Waals surface area contributed by atoms with Crippen molar-refractivity contribution in [2.75, 3.05) is 7.05 Å². The number of nitrogens with zero attached hydrogens (tertiary/aromatic N) is 2. The van der Waals surface area contributed by atoms with E-state index in [1.54, 1.807) is 19.2 Å². The van der Waals surface area contributed by atoms with Crippen LogP contribution in [0.25, 0.3) is 17.0 Å². The average Bonchev–Trinajstić information content (AvgIpc) is 3.09. The van der Waals surface area contributed by atoms with Crippen LogP contribution in [-0.2, 0) is 11.3 Å². The van der Waals surface area contributed by atoms with E-state index in [-0.39, 0.29) is 11.7 Å². The summed E-state index contributed by atoms with van der Waals surface area (Å²) in [5.41, 5.74) is 2.99. The number of halogens is 2. The molecule has 1 aliphatic heterocycles. The van der Waals surface area contributed by atoms with Crippen molar-refractivity contribution in [3.8, 4) is 0 Å². The Hall–Kier alpha value is -1.96. The lowest BCUT2D eigenvalue weighted by atomic mass is 10.1. The maximum Gasteiger partial charge on any atom is 0.265 e. The average molecular weight is 461 g/mol. The van der Waals surface area contributed by atoms with E-state index in [1.807, 2.05) is 30.5 Å². The lowest BCUT2D eigenvalue weighted by Crippen LogP contribution is -2.22. The van der Waals surface area contributed by atoms with Gasteiger partial charge in [0.25, 0.3) is 5.91 Å². The Balaban J connectivity index is 1.79. The summed E-state index contributed by atoms with van der Waals surface area (Å²) in [4.78, 5) is 14.5. The van der Waals surface area contributed by atoms with Crippen LogP contribution in [-0.4, -0.2) is 26.7 Å². The smallest absolute Gasteiger partial charge is 0.265 e. The summed E-state index contributed by atoms with van der Waals surface area (Å²) in [5.74, 6) is -0.332. The van der Waals surface area contributed by atoms with Crippen LogP contribution >= 0.6 is 39.9 Å². The van der Waals surface area contributed by atoms with Gasteiger partial charge in [-0.2, -0.15) is 0 Å². The van der Waals surface area contributed by atoms with Gasteiger partial charge in [0.05, 0.1) is 4.91 Å². The second-order valence-electron chi connectivity index (χ2n) is 6.24. The van der Waals surface area contributed by atoms with Crippen molar-refractivity contribution >= 4 is 67.1 Å². The standard InChI is InChI=1S/C20H14BrFN2OS2/c1-23-19(25)18(27-20(23)26)8-13-11-24(10-12-2-5-15(22)6-3-12)17-7-4-14(21)9-16(13)17/h2-9,11H,10H2,1H3/b18-8-. The molecule has 2 aromatic carbocycles. The SMILES string of the molecule is CN1C(=O)/C(=C/c2cn(Cc3ccc(F)cc3)c3ccc(Br)cc23)SC1=S. The molecule has 1 aromatic heterocycles. The number of carbonyl (C=O) groups excluding carboxylic acids is 1. The molecule has 1 fully saturated rings. The Morgan fingerprint density at radius 2 is 1.96 bits per heavy atom. The molecule has 3 nitrogen and oxygen atoms in total. The number of fused-ring (bicyclic) bond motifs is 1. The van der Waals surface area contributed by atoms with Crippen LogP contribution in [0.3, 0.4) is 0 Å². The van der Waals surface area contributed by atoms with Crippen LogP contribution in [0.15, 0.2) is 58.0 Å². The molecule has 0 bridgehead atoms. The topological polar surface area (TPSA) is 25.2 Å². The van der Waals surface area contributed by atoms with E-state index in [4.69, 9.17) is 12.2 Å². The quantitative estimate of drug-likeness (QED) is 0.385. The van der Waals surface area contributed by atoms with Gasteiger partial charge in [-0.25, -0.2) is 4.39 Å². The fourth-order valence-electron chi connectivity index (χ4n) is 3.02. The molecule has 0 N–H and O–H groups in total. The van der Waals surface area contributed by atoms with E-state index in [2.05, 4.69) is 20.5 Å². The van der Waals surface area contributed by atoms with Gasteiger partial charge in [0.2, 0.25) is 0 Å². The summed E-state index contributed by atoms with van der Waals surface area (Å²) in [7, 11) is 1.69. The highest BCUT2D eigenvalue weighted by molar-refractivity contribution is 9.10. The van der Waals surface area contributed by atoms with Crippen LogP contribution in [0, 0.1) is 5.82 Å². The lowest BCUT2D eigenvalue weighted by molar-refractivity contribution is -0.121. The van der Waals surface area contributed by atoms with Crippen molar-refractivity contribution in [3.63, 3.8) is 0 Å². The van der Waals surface area contributed by atoms with Crippen molar-refractivity contribution < 1.29 is 9.18 Å². The lowest BCUT2D eigenvalue weighted by Gasteiger charge is -2.05. The van der Waals surface area contributed by atoms with Gasteiger partial charge in [-0.1, -0.05) is 52.0 Å². The molecule has 1 saturated heterocycles. The molecule has 0 radical (unpaired) electrons. The van der Waals surface area contributed by atoms with E-state index in [9.17, 15) is 9.18 Å². The zero-order valence-electron chi connectivity index (χ0n) is 14.3. The molecular weight excluding hydrogens is 447 g/mol. The van der Waals surface area contributed by atoms with Crippen LogP contribution in [0.5, 0.6) is 0 Å². The first kappa shape index (κ1) is 18.4. The monoisotopic (exact) mass is 460 g/mol. The third-order valence-corrected chi connectivity index (χ3v) is 6.39. The van der Waals surface area contributed by atoms with Gasteiger partial charge in [0.1, 0.15) is 10.1 Å². The molecule has 7 heteroatoms. The number of amides is 1. The predicted molar refractivity (Wildman–Crippen MR) is 116 cm³/mol. The van der Waals surface area contributed by atoms with E-state index in [1.165, 1.54) is 28.8 Å². The Bertz CT molecular complexity index is 1110. The summed E-state index contributed by atoms with van der Waals surface area (Å²) < 4.78 is 16.8. The fraction of sp³-hybridized carbons (Fsp3) is 0.100. The van der Waals surface area contributed by atoms with Gasteiger partial charge in [0.15, 0.2) is 0 Å². The summed E-state index contributed by atoms with van der Waals surface area (Å²) in [5, 5.41) is 1.04. The minimum Gasteiger partial charge on any atom is -0.342 e. The van der Waals surface area contributed by atoms with Crippen molar-refractivity contribution in [2.24, 2.45) is 0 Å². The molecule has 0 unspecified atom stereocenters. The number of likely N-dealkylation sites (N-methyl/N-ethyl adjacent to an activating group) is 1. The summed E-state index contributed by atoms with van der Waals surface area (Å²) >= 11 is 10.0. The second kappa shape index (κ2) is 7.22. The van der Waals surface area contributed by atoms with E-state index >= 15 is 0 Å². The highest BCUT2D eigenvalue weighted by Crippen LogP contribution is 2.34. The molecule has 2 heterocycles. The first-order valence-electron chi connectivity index (χ1n) is 8.17. The predicted octanol–water partition coefficient (Wildman–Crippen LogP) is 5.42. The second-order valence-corrected chi connectivity index (χ2v) is 8.83. The van der Waals surface area contributed by atoms with Crippen LogP contribution in [0.1, 0.15) is 11.1 Å². The number of benzene rings is 2. The van der Waals surface area contributed by atoms with Gasteiger partial charge in [-0.15, -0.1) is 0 Å². The molecule has 0 spiro atoms. The number of hydrogen-bond acceptors (Lipinski definition) is 3. The molecular formula is C20H14BrFN2OS2. The highest BCUT2D eigenvalue weighted by Gasteiger charge is 2.29. The maximum atomic E-state index is 13.2. The van der Waals surface area contributed by atoms with Crippen LogP contribution < -0.4 is 0 Å². The molecule has 0 saturated carbocycles.